The fourth-order valence-corrected chi connectivity index (χ4v) is 1.66. The van der Waals surface area contributed by atoms with Crippen molar-refractivity contribution in [2.75, 3.05) is 25.9 Å². The summed E-state index contributed by atoms with van der Waals surface area (Å²) in [4.78, 5) is 2.14. The lowest BCUT2D eigenvalue weighted by atomic mass is 10.1. The van der Waals surface area contributed by atoms with Gasteiger partial charge in [-0.05, 0) is 38.9 Å². The molecule has 0 rings (SSSR count). The highest BCUT2D eigenvalue weighted by Gasteiger charge is 2.04. The molecule has 0 spiro atoms. The van der Waals surface area contributed by atoms with Gasteiger partial charge in [-0.1, -0.05) is 13.8 Å². The third kappa shape index (κ3) is 9.95. The third-order valence-electron chi connectivity index (χ3n) is 2.06. The summed E-state index contributed by atoms with van der Waals surface area (Å²) in [5.41, 5.74) is 0. The normalized spacial score (nSPS) is 12.7. The van der Waals surface area contributed by atoms with Crippen LogP contribution < -0.4 is 5.14 Å². The van der Waals surface area contributed by atoms with Crippen LogP contribution in [0.1, 0.15) is 26.7 Å². The highest BCUT2D eigenvalue weighted by Crippen LogP contribution is 2.01. The summed E-state index contributed by atoms with van der Waals surface area (Å²) in [5, 5.41) is 4.90. The summed E-state index contributed by atoms with van der Waals surface area (Å²) < 4.78 is 21.3. The molecule has 0 aliphatic carbocycles. The first-order valence-electron chi connectivity index (χ1n) is 5.00. The van der Waals surface area contributed by atoms with Crippen molar-refractivity contribution in [3.63, 3.8) is 0 Å². The van der Waals surface area contributed by atoms with Gasteiger partial charge in [0.25, 0.3) is 0 Å². The van der Waals surface area contributed by atoms with Crippen LogP contribution in [0.2, 0.25) is 0 Å². The minimum absolute atomic E-state index is 0.0824. The van der Waals surface area contributed by atoms with Crippen LogP contribution in [-0.2, 0) is 10.0 Å². The Labute approximate surface area is 87.5 Å². The molecule has 0 heterocycles. The van der Waals surface area contributed by atoms with Crippen molar-refractivity contribution < 1.29 is 8.42 Å². The standard InChI is InChI=1S/C9H22N2O2S/c1-9(2)5-7-11(3)6-4-8-14(10,12)13/h9H,4-8H2,1-3H3,(H2,10,12,13). The molecule has 0 amide bonds. The fourth-order valence-electron chi connectivity index (χ4n) is 1.13. The first kappa shape index (κ1) is 13.9. The number of hydrogen-bond donors (Lipinski definition) is 1. The molecule has 0 bridgehead atoms. The molecule has 4 nitrogen and oxygen atoms in total. The van der Waals surface area contributed by atoms with Gasteiger partial charge in [0.15, 0.2) is 0 Å². The maximum atomic E-state index is 10.6. The van der Waals surface area contributed by atoms with E-state index in [0.717, 1.165) is 19.5 Å². The van der Waals surface area contributed by atoms with Crippen LogP contribution in [0.3, 0.4) is 0 Å². The van der Waals surface area contributed by atoms with Crippen LogP contribution in [0.25, 0.3) is 0 Å². The van der Waals surface area contributed by atoms with Gasteiger partial charge in [-0.25, -0.2) is 13.6 Å². The molecule has 0 unspecified atom stereocenters. The van der Waals surface area contributed by atoms with Crippen LogP contribution >= 0.6 is 0 Å². The third-order valence-corrected chi connectivity index (χ3v) is 2.91. The minimum atomic E-state index is -3.28. The van der Waals surface area contributed by atoms with Crippen molar-refractivity contribution in [2.24, 2.45) is 11.1 Å². The zero-order chi connectivity index (χ0) is 11.2. The lowest BCUT2D eigenvalue weighted by Gasteiger charge is -2.17. The number of nitrogens with two attached hydrogens (primary N) is 1. The predicted octanol–water partition coefficient (Wildman–Crippen LogP) is 0.643. The van der Waals surface area contributed by atoms with Gasteiger partial charge >= 0.3 is 0 Å². The molecule has 0 aromatic carbocycles. The lowest BCUT2D eigenvalue weighted by molar-refractivity contribution is 0.311. The van der Waals surface area contributed by atoms with Crippen molar-refractivity contribution in [1.82, 2.24) is 4.90 Å². The molecule has 0 aliphatic heterocycles. The van der Waals surface area contributed by atoms with Gasteiger partial charge in [0.2, 0.25) is 10.0 Å². The SMILES string of the molecule is CC(C)CCN(C)CCCS(N)(=O)=O. The summed E-state index contributed by atoms with van der Waals surface area (Å²) in [6.45, 7) is 6.17. The van der Waals surface area contributed by atoms with Crippen molar-refractivity contribution in [3.05, 3.63) is 0 Å². The summed E-state index contributed by atoms with van der Waals surface area (Å²) in [7, 11) is -1.27. The monoisotopic (exact) mass is 222 g/mol. The van der Waals surface area contributed by atoms with E-state index in [9.17, 15) is 8.42 Å². The molecule has 0 aliphatic rings. The molecule has 0 atom stereocenters. The second-order valence-electron chi connectivity index (χ2n) is 4.21. The Bertz CT molecular complexity index is 237. The van der Waals surface area contributed by atoms with E-state index in [2.05, 4.69) is 18.7 Å². The van der Waals surface area contributed by atoms with E-state index >= 15 is 0 Å². The molecule has 0 aromatic heterocycles. The Morgan fingerprint density at radius 3 is 2.29 bits per heavy atom. The molecule has 86 valence electrons. The van der Waals surface area contributed by atoms with E-state index in [4.69, 9.17) is 5.14 Å². The minimum Gasteiger partial charge on any atom is -0.306 e. The molecule has 0 saturated carbocycles. The van der Waals surface area contributed by atoms with E-state index in [1.165, 1.54) is 0 Å². The second kappa shape index (κ2) is 6.37. The highest BCUT2D eigenvalue weighted by atomic mass is 32.2. The van der Waals surface area contributed by atoms with Gasteiger partial charge in [0.05, 0.1) is 5.75 Å². The molecule has 0 saturated heterocycles. The van der Waals surface area contributed by atoms with Crippen LogP contribution in [0.4, 0.5) is 0 Å². The van der Waals surface area contributed by atoms with Gasteiger partial charge in [-0.2, -0.15) is 0 Å². The number of rotatable bonds is 7. The van der Waals surface area contributed by atoms with Crippen molar-refractivity contribution >= 4 is 10.0 Å². The van der Waals surface area contributed by atoms with Gasteiger partial charge in [0, 0.05) is 0 Å². The average molecular weight is 222 g/mol. The molecule has 0 fully saturated rings. The number of sulfonamides is 1. The first-order valence-corrected chi connectivity index (χ1v) is 6.72. The Hall–Kier alpha value is -0.130. The van der Waals surface area contributed by atoms with E-state index in [1.807, 2.05) is 7.05 Å². The lowest BCUT2D eigenvalue weighted by Crippen LogP contribution is -2.25. The van der Waals surface area contributed by atoms with Crippen LogP contribution in [0.5, 0.6) is 0 Å². The van der Waals surface area contributed by atoms with Crippen molar-refractivity contribution in [3.8, 4) is 0 Å². The Morgan fingerprint density at radius 1 is 1.29 bits per heavy atom. The maximum Gasteiger partial charge on any atom is 0.209 e. The second-order valence-corrected chi connectivity index (χ2v) is 5.94. The fraction of sp³-hybridized carbons (Fsp3) is 1.00. The molecule has 5 heteroatoms. The quantitative estimate of drug-likeness (QED) is 0.687. The van der Waals surface area contributed by atoms with Crippen molar-refractivity contribution in [1.29, 1.82) is 0 Å². The van der Waals surface area contributed by atoms with Gasteiger partial charge < -0.3 is 4.90 Å². The number of nitrogens with zero attached hydrogens (tertiary/aromatic N) is 1. The molecule has 0 radical (unpaired) electrons. The highest BCUT2D eigenvalue weighted by molar-refractivity contribution is 7.89. The number of primary sulfonamides is 1. The molecular formula is C9H22N2O2S. The molecule has 0 aromatic rings. The smallest absolute Gasteiger partial charge is 0.209 e. The van der Waals surface area contributed by atoms with Gasteiger partial charge in [0.1, 0.15) is 0 Å². The maximum absolute atomic E-state index is 10.6. The number of hydrogen-bond acceptors (Lipinski definition) is 3. The first-order chi connectivity index (χ1) is 6.31. The predicted molar refractivity (Wildman–Crippen MR) is 59.5 cm³/mol. The van der Waals surface area contributed by atoms with E-state index in [0.29, 0.717) is 12.3 Å². The van der Waals surface area contributed by atoms with Crippen LogP contribution in [0, 0.1) is 5.92 Å². The molecular weight excluding hydrogens is 200 g/mol. The largest absolute Gasteiger partial charge is 0.306 e. The Morgan fingerprint density at radius 2 is 1.86 bits per heavy atom. The Balaban J connectivity index is 3.50. The zero-order valence-corrected chi connectivity index (χ0v) is 10.2. The topological polar surface area (TPSA) is 63.4 Å². The summed E-state index contributed by atoms with van der Waals surface area (Å²) in [5.74, 6) is 0.773. The van der Waals surface area contributed by atoms with Crippen LogP contribution in [0.15, 0.2) is 0 Å². The average Bonchev–Trinajstić information content (AvgIpc) is 1.98. The van der Waals surface area contributed by atoms with E-state index < -0.39 is 10.0 Å². The van der Waals surface area contributed by atoms with Gasteiger partial charge in [-0.15, -0.1) is 0 Å². The molecule has 14 heavy (non-hydrogen) atoms. The summed E-state index contributed by atoms with van der Waals surface area (Å²) >= 11 is 0. The Kier molecular flexibility index (Phi) is 6.31. The van der Waals surface area contributed by atoms with Gasteiger partial charge in [-0.3, -0.25) is 0 Å². The van der Waals surface area contributed by atoms with E-state index in [1.54, 1.807) is 0 Å². The molecule has 2 N–H and O–H groups in total. The van der Waals surface area contributed by atoms with Crippen molar-refractivity contribution in [2.45, 2.75) is 26.7 Å². The summed E-state index contributed by atoms with van der Waals surface area (Å²) in [6, 6.07) is 0. The van der Waals surface area contributed by atoms with Crippen LogP contribution in [-0.4, -0.2) is 39.2 Å². The zero-order valence-electron chi connectivity index (χ0n) is 9.36. The summed E-state index contributed by atoms with van der Waals surface area (Å²) in [6.07, 6.45) is 1.76. The van der Waals surface area contributed by atoms with E-state index in [-0.39, 0.29) is 5.75 Å².